The van der Waals surface area contributed by atoms with E-state index in [-0.39, 0.29) is 17.6 Å². The lowest BCUT2D eigenvalue weighted by Gasteiger charge is -2.42. The highest BCUT2D eigenvalue weighted by Crippen LogP contribution is 2.27. The van der Waals surface area contributed by atoms with Gasteiger partial charge in [-0.25, -0.2) is 0 Å². The standard InChI is InChI=1S/C20H32ClN3O2/c1-14(2)11-17(22)19(25)23-12-18(15-5-7-16(21)8-6-15)24-9-10-26-20(3,4)13-24/h5-8,14,17-18H,9-13,22H2,1-4H3,(H,23,25)/t17-,18?/m0/s1. The van der Waals surface area contributed by atoms with Crippen molar-refractivity contribution in [2.45, 2.75) is 51.8 Å². The Morgan fingerprint density at radius 3 is 2.58 bits per heavy atom. The van der Waals surface area contributed by atoms with Crippen LogP contribution in [0.25, 0.3) is 0 Å². The van der Waals surface area contributed by atoms with Gasteiger partial charge in [0.25, 0.3) is 0 Å². The van der Waals surface area contributed by atoms with Crippen LogP contribution in [-0.2, 0) is 9.53 Å². The summed E-state index contributed by atoms with van der Waals surface area (Å²) in [5.74, 6) is 0.299. The van der Waals surface area contributed by atoms with Gasteiger partial charge in [0.05, 0.1) is 24.3 Å². The van der Waals surface area contributed by atoms with E-state index in [4.69, 9.17) is 22.1 Å². The Bertz CT molecular complexity index is 589. The van der Waals surface area contributed by atoms with Gasteiger partial charge in [0, 0.05) is 24.7 Å². The molecule has 26 heavy (non-hydrogen) atoms. The number of carbonyl (C=O) groups is 1. The molecule has 0 bridgehead atoms. The van der Waals surface area contributed by atoms with Crippen molar-refractivity contribution in [3.05, 3.63) is 34.9 Å². The number of rotatable bonds is 7. The predicted molar refractivity (Wildman–Crippen MR) is 106 cm³/mol. The van der Waals surface area contributed by atoms with E-state index in [1.165, 1.54) is 0 Å². The Balaban J connectivity index is 2.10. The SMILES string of the molecule is CC(C)C[C@H](N)C(=O)NCC(c1ccc(Cl)cc1)N1CCOC(C)(C)C1. The molecule has 1 fully saturated rings. The number of nitrogens with two attached hydrogens (primary N) is 1. The largest absolute Gasteiger partial charge is 0.373 e. The van der Waals surface area contributed by atoms with Gasteiger partial charge in [-0.3, -0.25) is 9.69 Å². The number of nitrogens with zero attached hydrogens (tertiary/aromatic N) is 1. The fraction of sp³-hybridized carbons (Fsp3) is 0.650. The summed E-state index contributed by atoms with van der Waals surface area (Å²) in [4.78, 5) is 14.7. The Hall–Kier alpha value is -1.14. The van der Waals surface area contributed by atoms with Crippen LogP contribution >= 0.6 is 11.6 Å². The van der Waals surface area contributed by atoms with Crippen molar-refractivity contribution in [3.8, 4) is 0 Å². The van der Waals surface area contributed by atoms with Crippen molar-refractivity contribution >= 4 is 17.5 Å². The molecular weight excluding hydrogens is 350 g/mol. The van der Waals surface area contributed by atoms with Gasteiger partial charge < -0.3 is 15.8 Å². The lowest BCUT2D eigenvalue weighted by atomic mass is 10.00. The number of ether oxygens (including phenoxy) is 1. The normalized spacial score (nSPS) is 20.0. The number of benzene rings is 1. The van der Waals surface area contributed by atoms with E-state index in [1.807, 2.05) is 24.3 Å². The molecule has 1 amide bonds. The third-order valence-corrected chi connectivity index (χ3v) is 4.93. The van der Waals surface area contributed by atoms with E-state index < -0.39 is 6.04 Å². The summed E-state index contributed by atoms with van der Waals surface area (Å²) < 4.78 is 5.84. The first-order valence-corrected chi connectivity index (χ1v) is 9.72. The molecule has 1 aliphatic rings. The van der Waals surface area contributed by atoms with Gasteiger partial charge in [-0.05, 0) is 43.9 Å². The van der Waals surface area contributed by atoms with Gasteiger partial charge in [-0.1, -0.05) is 37.6 Å². The van der Waals surface area contributed by atoms with E-state index in [0.29, 0.717) is 30.5 Å². The molecule has 1 aromatic rings. The molecule has 1 saturated heterocycles. The number of hydrogen-bond donors (Lipinski definition) is 2. The number of amides is 1. The Labute approximate surface area is 162 Å². The third-order valence-electron chi connectivity index (χ3n) is 4.68. The predicted octanol–water partition coefficient (Wildman–Crippen LogP) is 2.98. The van der Waals surface area contributed by atoms with Gasteiger partial charge in [-0.15, -0.1) is 0 Å². The fourth-order valence-corrected chi connectivity index (χ4v) is 3.53. The fourth-order valence-electron chi connectivity index (χ4n) is 3.40. The monoisotopic (exact) mass is 381 g/mol. The zero-order valence-electron chi connectivity index (χ0n) is 16.3. The first-order chi connectivity index (χ1) is 12.2. The molecule has 5 nitrogen and oxygen atoms in total. The Morgan fingerprint density at radius 2 is 2.00 bits per heavy atom. The van der Waals surface area contributed by atoms with Crippen molar-refractivity contribution in [1.82, 2.24) is 10.2 Å². The van der Waals surface area contributed by atoms with Crippen molar-refractivity contribution in [2.24, 2.45) is 11.7 Å². The second kappa shape index (κ2) is 9.18. The van der Waals surface area contributed by atoms with Gasteiger partial charge in [-0.2, -0.15) is 0 Å². The summed E-state index contributed by atoms with van der Waals surface area (Å²) in [5.41, 5.74) is 6.94. The summed E-state index contributed by atoms with van der Waals surface area (Å²) in [6.07, 6.45) is 0.683. The lowest BCUT2D eigenvalue weighted by molar-refractivity contribution is -0.123. The van der Waals surface area contributed by atoms with Crippen LogP contribution in [-0.4, -0.2) is 48.7 Å². The molecule has 0 aliphatic carbocycles. The van der Waals surface area contributed by atoms with Crippen LogP contribution in [0.15, 0.2) is 24.3 Å². The Morgan fingerprint density at radius 1 is 1.35 bits per heavy atom. The molecule has 0 aromatic heterocycles. The van der Waals surface area contributed by atoms with Gasteiger partial charge in [0.15, 0.2) is 0 Å². The maximum absolute atomic E-state index is 12.4. The molecule has 2 rings (SSSR count). The molecule has 1 unspecified atom stereocenters. The molecule has 3 N–H and O–H groups in total. The van der Waals surface area contributed by atoms with Crippen LogP contribution in [0.3, 0.4) is 0 Å². The van der Waals surface area contributed by atoms with E-state index in [2.05, 4.69) is 37.9 Å². The molecule has 0 spiro atoms. The average Bonchev–Trinajstić information content (AvgIpc) is 2.55. The van der Waals surface area contributed by atoms with Crippen LogP contribution < -0.4 is 11.1 Å². The molecule has 1 aliphatic heterocycles. The third kappa shape index (κ3) is 6.23. The van der Waals surface area contributed by atoms with E-state index in [9.17, 15) is 4.79 Å². The summed E-state index contributed by atoms with van der Waals surface area (Å²) in [6.45, 7) is 11.1. The van der Waals surface area contributed by atoms with E-state index in [0.717, 1.165) is 18.7 Å². The minimum absolute atomic E-state index is 0.0608. The molecule has 0 radical (unpaired) electrons. The zero-order valence-corrected chi connectivity index (χ0v) is 17.1. The topological polar surface area (TPSA) is 67.6 Å². The maximum Gasteiger partial charge on any atom is 0.236 e. The lowest BCUT2D eigenvalue weighted by Crippen LogP contribution is -2.52. The number of morpholine rings is 1. The smallest absolute Gasteiger partial charge is 0.236 e. The Kier molecular flexibility index (Phi) is 7.47. The van der Waals surface area contributed by atoms with Crippen molar-refractivity contribution in [1.29, 1.82) is 0 Å². The summed E-state index contributed by atoms with van der Waals surface area (Å²) in [6, 6.07) is 7.42. The quantitative estimate of drug-likeness (QED) is 0.761. The van der Waals surface area contributed by atoms with Gasteiger partial charge in [0.2, 0.25) is 5.91 Å². The van der Waals surface area contributed by atoms with E-state index in [1.54, 1.807) is 0 Å². The highest BCUT2D eigenvalue weighted by molar-refractivity contribution is 6.30. The molecule has 1 heterocycles. The molecule has 1 aromatic carbocycles. The molecular formula is C20H32ClN3O2. The van der Waals surface area contributed by atoms with E-state index >= 15 is 0 Å². The first-order valence-electron chi connectivity index (χ1n) is 9.35. The molecule has 0 saturated carbocycles. The van der Waals surface area contributed by atoms with Gasteiger partial charge >= 0.3 is 0 Å². The summed E-state index contributed by atoms with van der Waals surface area (Å²) >= 11 is 6.05. The van der Waals surface area contributed by atoms with Crippen LogP contribution in [0.1, 0.15) is 45.7 Å². The van der Waals surface area contributed by atoms with Crippen molar-refractivity contribution in [3.63, 3.8) is 0 Å². The second-order valence-corrected chi connectivity index (χ2v) is 8.56. The first kappa shape index (κ1) is 21.2. The molecule has 146 valence electrons. The summed E-state index contributed by atoms with van der Waals surface area (Å²) in [7, 11) is 0. The second-order valence-electron chi connectivity index (χ2n) is 8.13. The number of hydrogen-bond acceptors (Lipinski definition) is 4. The van der Waals surface area contributed by atoms with Crippen LogP contribution in [0, 0.1) is 5.92 Å². The maximum atomic E-state index is 12.4. The minimum atomic E-state index is -0.470. The number of halogens is 1. The van der Waals surface area contributed by atoms with Gasteiger partial charge in [0.1, 0.15) is 0 Å². The van der Waals surface area contributed by atoms with Crippen molar-refractivity contribution in [2.75, 3.05) is 26.2 Å². The zero-order chi connectivity index (χ0) is 19.3. The number of nitrogens with one attached hydrogen (secondary N) is 1. The van der Waals surface area contributed by atoms with Crippen LogP contribution in [0.2, 0.25) is 5.02 Å². The number of carbonyl (C=O) groups excluding carboxylic acids is 1. The molecule has 6 heteroatoms. The molecule has 2 atom stereocenters. The average molecular weight is 382 g/mol. The summed E-state index contributed by atoms with van der Waals surface area (Å²) in [5, 5.41) is 3.75. The van der Waals surface area contributed by atoms with Crippen molar-refractivity contribution < 1.29 is 9.53 Å². The van der Waals surface area contributed by atoms with Crippen LogP contribution in [0.5, 0.6) is 0 Å². The highest BCUT2D eigenvalue weighted by Gasteiger charge is 2.32. The van der Waals surface area contributed by atoms with Crippen LogP contribution in [0.4, 0.5) is 0 Å². The highest BCUT2D eigenvalue weighted by atomic mass is 35.5. The minimum Gasteiger partial charge on any atom is -0.373 e.